The second-order valence-electron chi connectivity index (χ2n) is 6.03. The third-order valence-corrected chi connectivity index (χ3v) is 4.93. The summed E-state index contributed by atoms with van der Waals surface area (Å²) >= 11 is 1.33. The molecule has 0 aliphatic carbocycles. The van der Waals surface area contributed by atoms with Crippen LogP contribution >= 0.6 is 11.8 Å². The Morgan fingerprint density at radius 1 is 0.931 bits per heavy atom. The summed E-state index contributed by atoms with van der Waals surface area (Å²) in [7, 11) is 0. The maximum absolute atomic E-state index is 13.5. The third-order valence-electron chi connectivity index (χ3n) is 4.00. The molecule has 0 bridgehead atoms. The second kappa shape index (κ2) is 7.63. The number of carbonyl (C=O) groups is 1. The monoisotopic (exact) mass is 414 g/mol. The topological polar surface area (TPSA) is 45.8 Å². The maximum Gasteiger partial charge on any atom is 0.435 e. The van der Waals surface area contributed by atoms with E-state index in [4.69, 9.17) is 4.42 Å². The van der Waals surface area contributed by atoms with E-state index in [1.807, 2.05) is 30.3 Å². The number of amides is 1. The normalized spacial score (nSPS) is 15.8. The van der Waals surface area contributed by atoms with E-state index in [-0.39, 0.29) is 11.4 Å². The number of hydrogen-bond donors (Lipinski definition) is 0. The summed E-state index contributed by atoms with van der Waals surface area (Å²) in [4.78, 5) is 13.6. The summed E-state index contributed by atoms with van der Waals surface area (Å²) in [6.45, 7) is 0. The number of nitrogens with zero attached hydrogens (tertiary/aromatic N) is 2. The fraction of sp³-hybridized carbons (Fsp3) is 0.0476. The smallest absolute Gasteiger partial charge is 0.435 e. The Morgan fingerprint density at radius 2 is 1.59 bits per heavy atom. The van der Waals surface area contributed by atoms with Crippen LogP contribution in [0.15, 0.2) is 97.9 Å². The molecule has 0 unspecified atom stereocenters. The molecule has 146 valence electrons. The predicted octanol–water partition coefficient (Wildman–Crippen LogP) is 5.78. The minimum Gasteiger partial charge on any atom is -0.450 e. The molecule has 0 radical (unpaired) electrons. The number of furan rings is 1. The Hall–Kier alpha value is -3.26. The van der Waals surface area contributed by atoms with Crippen LogP contribution in [-0.4, -0.2) is 17.8 Å². The number of alkyl halides is 3. The van der Waals surface area contributed by atoms with E-state index in [0.717, 1.165) is 16.0 Å². The summed E-state index contributed by atoms with van der Waals surface area (Å²) in [5, 5.41) is 4.77. The van der Waals surface area contributed by atoms with Gasteiger partial charge >= 0.3 is 6.18 Å². The van der Waals surface area contributed by atoms with Crippen molar-refractivity contribution in [2.75, 3.05) is 5.01 Å². The van der Waals surface area contributed by atoms with Crippen molar-refractivity contribution in [3.8, 4) is 0 Å². The minimum atomic E-state index is -4.78. The molecule has 0 fully saturated rings. The number of rotatable bonds is 4. The molecule has 0 spiro atoms. The van der Waals surface area contributed by atoms with Crippen LogP contribution in [0.4, 0.5) is 18.9 Å². The maximum atomic E-state index is 13.5. The molecule has 0 atom stereocenters. The van der Waals surface area contributed by atoms with Crippen molar-refractivity contribution in [2.45, 2.75) is 16.2 Å². The van der Waals surface area contributed by atoms with Gasteiger partial charge in [-0.05, 0) is 42.5 Å². The number of anilines is 1. The van der Waals surface area contributed by atoms with Crippen molar-refractivity contribution in [3.63, 3.8) is 0 Å². The van der Waals surface area contributed by atoms with Gasteiger partial charge in [0.05, 0.1) is 11.3 Å². The van der Waals surface area contributed by atoms with Crippen molar-refractivity contribution in [3.05, 3.63) is 84.1 Å². The number of benzene rings is 2. The van der Waals surface area contributed by atoms with Crippen LogP contribution in [0.1, 0.15) is 5.76 Å². The van der Waals surface area contributed by atoms with Crippen LogP contribution < -0.4 is 5.01 Å². The molecule has 3 aromatic rings. The van der Waals surface area contributed by atoms with E-state index in [1.165, 1.54) is 30.0 Å². The number of hydrogen-bond acceptors (Lipinski definition) is 4. The van der Waals surface area contributed by atoms with Crippen molar-refractivity contribution >= 4 is 35.1 Å². The van der Waals surface area contributed by atoms with Gasteiger partial charge < -0.3 is 4.42 Å². The molecule has 0 saturated carbocycles. The van der Waals surface area contributed by atoms with Gasteiger partial charge in [-0.1, -0.05) is 48.2 Å². The summed E-state index contributed by atoms with van der Waals surface area (Å²) < 4.78 is 46.0. The highest BCUT2D eigenvalue weighted by Crippen LogP contribution is 2.34. The zero-order valence-corrected chi connectivity index (χ0v) is 15.6. The molecule has 1 aliphatic heterocycles. The standard InChI is InChI=1S/C21H13F3N2O2S/c22-21(23,24)19-17(20(27)26(25-19)14-7-3-1-4-8-14)13-15-11-12-18(28-15)29-16-9-5-2-6-10-16/h1-13H/b17-13-. The number of halogens is 3. The van der Waals surface area contributed by atoms with Crippen LogP contribution in [-0.2, 0) is 4.79 Å². The van der Waals surface area contributed by atoms with E-state index in [0.29, 0.717) is 5.09 Å². The summed E-state index contributed by atoms with van der Waals surface area (Å²) in [6, 6.07) is 20.5. The van der Waals surface area contributed by atoms with E-state index in [1.54, 1.807) is 24.3 Å². The van der Waals surface area contributed by atoms with Crippen LogP contribution in [0, 0.1) is 0 Å². The average molecular weight is 414 g/mol. The Balaban J connectivity index is 1.65. The van der Waals surface area contributed by atoms with Gasteiger partial charge in [-0.3, -0.25) is 4.79 Å². The Labute approximate surface area is 168 Å². The second-order valence-corrected chi connectivity index (χ2v) is 7.11. The largest absolute Gasteiger partial charge is 0.450 e. The highest BCUT2D eigenvalue weighted by molar-refractivity contribution is 7.99. The predicted molar refractivity (Wildman–Crippen MR) is 105 cm³/mol. The number of carbonyl (C=O) groups excluding carboxylic acids is 1. The van der Waals surface area contributed by atoms with Gasteiger partial charge in [-0.2, -0.15) is 23.3 Å². The molecular formula is C21H13F3N2O2S. The van der Waals surface area contributed by atoms with Gasteiger partial charge in [0.15, 0.2) is 10.8 Å². The van der Waals surface area contributed by atoms with Crippen LogP contribution in [0.5, 0.6) is 0 Å². The molecule has 1 aromatic heterocycles. The van der Waals surface area contributed by atoms with Gasteiger partial charge in [0, 0.05) is 4.90 Å². The Bertz CT molecular complexity index is 1090. The highest BCUT2D eigenvalue weighted by Gasteiger charge is 2.47. The lowest BCUT2D eigenvalue weighted by molar-refractivity contribution is -0.114. The first-order valence-electron chi connectivity index (χ1n) is 8.52. The molecule has 1 amide bonds. The lowest BCUT2D eigenvalue weighted by Crippen LogP contribution is -2.25. The first kappa shape index (κ1) is 19.1. The zero-order chi connectivity index (χ0) is 20.4. The fourth-order valence-electron chi connectivity index (χ4n) is 2.71. The van der Waals surface area contributed by atoms with E-state index >= 15 is 0 Å². The van der Waals surface area contributed by atoms with Gasteiger partial charge in [0.2, 0.25) is 0 Å². The molecule has 29 heavy (non-hydrogen) atoms. The summed E-state index contributed by atoms with van der Waals surface area (Å²) in [6.07, 6.45) is -3.70. The Morgan fingerprint density at radius 3 is 2.24 bits per heavy atom. The fourth-order valence-corrected chi connectivity index (χ4v) is 3.51. The SMILES string of the molecule is O=C1/C(=C\c2ccc(Sc3ccccc3)o2)C(C(F)(F)F)=NN1c1ccccc1. The first-order valence-corrected chi connectivity index (χ1v) is 9.33. The molecule has 0 N–H and O–H groups in total. The summed E-state index contributed by atoms with van der Waals surface area (Å²) in [5.41, 5.74) is -1.56. The average Bonchev–Trinajstić information content (AvgIpc) is 3.28. The molecule has 0 saturated heterocycles. The van der Waals surface area contributed by atoms with Crippen LogP contribution in [0.2, 0.25) is 0 Å². The van der Waals surface area contributed by atoms with E-state index < -0.39 is 23.4 Å². The molecule has 4 rings (SSSR count). The van der Waals surface area contributed by atoms with Gasteiger partial charge in [0.25, 0.3) is 5.91 Å². The number of para-hydroxylation sites is 1. The lowest BCUT2D eigenvalue weighted by atomic mass is 10.1. The first-order chi connectivity index (χ1) is 13.9. The Kier molecular flexibility index (Phi) is 5.02. The van der Waals surface area contributed by atoms with Crippen molar-refractivity contribution in [2.24, 2.45) is 5.10 Å². The van der Waals surface area contributed by atoms with Gasteiger partial charge in [-0.15, -0.1) is 0 Å². The van der Waals surface area contributed by atoms with Crippen LogP contribution in [0.25, 0.3) is 6.08 Å². The molecule has 2 heterocycles. The van der Waals surface area contributed by atoms with Gasteiger partial charge in [0.1, 0.15) is 5.76 Å². The van der Waals surface area contributed by atoms with Crippen molar-refractivity contribution in [1.29, 1.82) is 0 Å². The van der Waals surface area contributed by atoms with Crippen molar-refractivity contribution < 1.29 is 22.4 Å². The molecular weight excluding hydrogens is 401 g/mol. The number of hydrazone groups is 1. The van der Waals surface area contributed by atoms with E-state index in [2.05, 4.69) is 5.10 Å². The van der Waals surface area contributed by atoms with Crippen molar-refractivity contribution in [1.82, 2.24) is 0 Å². The third kappa shape index (κ3) is 4.12. The van der Waals surface area contributed by atoms with Gasteiger partial charge in [-0.25, -0.2) is 0 Å². The molecule has 4 nitrogen and oxygen atoms in total. The van der Waals surface area contributed by atoms with Crippen LogP contribution in [0.3, 0.4) is 0 Å². The highest BCUT2D eigenvalue weighted by atomic mass is 32.2. The zero-order valence-electron chi connectivity index (χ0n) is 14.8. The summed E-state index contributed by atoms with van der Waals surface area (Å²) in [5.74, 6) is -0.726. The minimum absolute atomic E-state index is 0.138. The molecule has 8 heteroatoms. The molecule has 2 aromatic carbocycles. The lowest BCUT2D eigenvalue weighted by Gasteiger charge is -2.10. The van der Waals surface area contributed by atoms with E-state index in [9.17, 15) is 18.0 Å². The molecule has 1 aliphatic rings. The quantitative estimate of drug-likeness (QED) is 0.509.